The first-order chi connectivity index (χ1) is 24.9. The Morgan fingerprint density at radius 2 is 1.31 bits per heavy atom. The zero-order valence-corrected chi connectivity index (χ0v) is 28.6. The summed E-state index contributed by atoms with van der Waals surface area (Å²) in [6.45, 7) is 6.79. The third-order valence-corrected chi connectivity index (χ3v) is 9.80. The number of rotatable bonds is 6. The second kappa shape index (κ2) is 12.2. The number of anilines is 4. The molecule has 0 unspecified atom stereocenters. The molecule has 0 saturated heterocycles. The predicted molar refractivity (Wildman–Crippen MR) is 207 cm³/mol. The number of benzene rings is 6. The molecule has 6 aromatic carbocycles. The lowest BCUT2D eigenvalue weighted by Gasteiger charge is -2.24. The predicted octanol–water partition coefficient (Wildman–Crippen LogP) is 11.9. The smallest absolute Gasteiger partial charge is 0.146 e. The molecule has 3 heterocycles. The summed E-state index contributed by atoms with van der Waals surface area (Å²) in [5.74, 6) is 2.04. The van der Waals surface area contributed by atoms with E-state index in [9.17, 15) is 0 Å². The zero-order chi connectivity index (χ0) is 34.6. The van der Waals surface area contributed by atoms with Gasteiger partial charge in [-0.25, -0.2) is 9.37 Å². The first kappa shape index (κ1) is 30.6. The van der Waals surface area contributed by atoms with Crippen LogP contribution in [0.1, 0.15) is 16.7 Å². The molecule has 8 aromatic rings. The maximum atomic E-state index is 15.2. The maximum absolute atomic E-state index is 15.2. The SMILES string of the molecule is Cc1ccnc(-n2c3ccccc3c3ccc(Oc4cc(-c5ccc(C)cc5C)cc(N5CN(c6ccccc6F)c6ccccc65)c4)cc32)c1. The Morgan fingerprint density at radius 1 is 0.588 bits per heavy atom. The number of para-hydroxylation sites is 4. The molecular weight excluding hydrogens is 632 g/mol. The van der Waals surface area contributed by atoms with Gasteiger partial charge in [0.05, 0.1) is 28.1 Å². The van der Waals surface area contributed by atoms with E-state index in [0.29, 0.717) is 18.1 Å². The van der Waals surface area contributed by atoms with Gasteiger partial charge in [0.1, 0.15) is 29.8 Å². The van der Waals surface area contributed by atoms with E-state index in [1.165, 1.54) is 17.2 Å². The monoisotopic (exact) mass is 666 g/mol. The van der Waals surface area contributed by atoms with Crippen LogP contribution in [0.3, 0.4) is 0 Å². The maximum Gasteiger partial charge on any atom is 0.146 e. The Labute approximate surface area is 296 Å². The molecule has 0 aliphatic carbocycles. The van der Waals surface area contributed by atoms with Crippen molar-refractivity contribution in [1.29, 1.82) is 0 Å². The molecule has 2 aromatic heterocycles. The summed E-state index contributed by atoms with van der Waals surface area (Å²) in [6, 6.07) is 46.9. The van der Waals surface area contributed by atoms with E-state index in [-0.39, 0.29) is 5.82 Å². The van der Waals surface area contributed by atoms with Crippen molar-refractivity contribution >= 4 is 44.6 Å². The number of hydrogen-bond donors (Lipinski definition) is 0. The summed E-state index contributed by atoms with van der Waals surface area (Å²) in [7, 11) is 0. The van der Waals surface area contributed by atoms with Gasteiger partial charge in [-0.05, 0) is 110 Å². The lowest BCUT2D eigenvalue weighted by molar-refractivity contribution is 0.483. The second-order valence-corrected chi connectivity index (χ2v) is 13.3. The summed E-state index contributed by atoms with van der Waals surface area (Å²) in [4.78, 5) is 9.01. The molecule has 0 bridgehead atoms. The van der Waals surface area contributed by atoms with Gasteiger partial charge in [0.15, 0.2) is 0 Å². The summed E-state index contributed by atoms with van der Waals surface area (Å²) in [5.41, 5.74) is 11.3. The van der Waals surface area contributed by atoms with Crippen molar-refractivity contribution in [3.8, 4) is 28.4 Å². The second-order valence-electron chi connectivity index (χ2n) is 13.3. The molecule has 0 N–H and O–H groups in total. The van der Waals surface area contributed by atoms with Crippen molar-refractivity contribution in [3.63, 3.8) is 0 Å². The molecular formula is C45H35FN4O. The van der Waals surface area contributed by atoms with Crippen molar-refractivity contribution in [2.24, 2.45) is 0 Å². The van der Waals surface area contributed by atoms with E-state index in [1.807, 2.05) is 53.6 Å². The number of ether oxygens (including phenoxy) is 1. The Morgan fingerprint density at radius 3 is 2.12 bits per heavy atom. The Hall–Kier alpha value is -6.40. The number of aryl methyl sites for hydroxylation is 3. The summed E-state index contributed by atoms with van der Waals surface area (Å²) in [6.07, 6.45) is 1.86. The molecule has 248 valence electrons. The van der Waals surface area contributed by atoms with Gasteiger partial charge >= 0.3 is 0 Å². The van der Waals surface area contributed by atoms with Crippen LogP contribution < -0.4 is 14.5 Å². The number of pyridine rings is 1. The molecule has 0 spiro atoms. The van der Waals surface area contributed by atoms with Gasteiger partial charge < -0.3 is 14.5 Å². The van der Waals surface area contributed by atoms with Gasteiger partial charge in [0.25, 0.3) is 0 Å². The van der Waals surface area contributed by atoms with Crippen LogP contribution in [0.4, 0.5) is 27.1 Å². The van der Waals surface area contributed by atoms with Crippen LogP contribution in [-0.2, 0) is 0 Å². The van der Waals surface area contributed by atoms with Gasteiger partial charge in [-0.1, -0.05) is 66.2 Å². The molecule has 6 heteroatoms. The highest BCUT2D eigenvalue weighted by Gasteiger charge is 2.30. The highest BCUT2D eigenvalue weighted by Crippen LogP contribution is 2.47. The van der Waals surface area contributed by atoms with Crippen LogP contribution in [0.2, 0.25) is 0 Å². The first-order valence-electron chi connectivity index (χ1n) is 17.2. The number of halogens is 1. The van der Waals surface area contributed by atoms with E-state index in [1.54, 1.807) is 6.07 Å². The average molecular weight is 667 g/mol. The lowest BCUT2D eigenvalue weighted by atomic mass is 9.98. The van der Waals surface area contributed by atoms with Crippen molar-refractivity contribution in [3.05, 3.63) is 168 Å². The van der Waals surface area contributed by atoms with Crippen molar-refractivity contribution < 1.29 is 9.13 Å². The molecule has 0 radical (unpaired) electrons. The minimum absolute atomic E-state index is 0.254. The Bertz CT molecular complexity index is 2630. The molecule has 9 rings (SSSR count). The third-order valence-electron chi connectivity index (χ3n) is 9.80. The first-order valence-corrected chi connectivity index (χ1v) is 17.2. The molecule has 0 amide bonds. The van der Waals surface area contributed by atoms with Crippen molar-refractivity contribution in [2.75, 3.05) is 16.5 Å². The summed E-state index contributed by atoms with van der Waals surface area (Å²) < 4.78 is 24.2. The van der Waals surface area contributed by atoms with Crippen LogP contribution >= 0.6 is 0 Å². The van der Waals surface area contributed by atoms with Crippen molar-refractivity contribution in [2.45, 2.75) is 20.8 Å². The van der Waals surface area contributed by atoms with Gasteiger partial charge in [-0.3, -0.25) is 4.57 Å². The minimum atomic E-state index is -0.254. The largest absolute Gasteiger partial charge is 0.457 e. The average Bonchev–Trinajstić information content (AvgIpc) is 3.68. The van der Waals surface area contributed by atoms with E-state index < -0.39 is 0 Å². The van der Waals surface area contributed by atoms with E-state index in [0.717, 1.165) is 67.1 Å². The molecule has 1 aliphatic rings. The molecule has 51 heavy (non-hydrogen) atoms. The summed E-state index contributed by atoms with van der Waals surface area (Å²) >= 11 is 0. The van der Waals surface area contributed by atoms with Crippen LogP contribution in [0.25, 0.3) is 38.8 Å². The fraction of sp³-hybridized carbons (Fsp3) is 0.0889. The number of nitrogens with zero attached hydrogens (tertiary/aromatic N) is 4. The Balaban J connectivity index is 1.18. The molecule has 0 fully saturated rings. The molecule has 1 aliphatic heterocycles. The van der Waals surface area contributed by atoms with Crippen LogP contribution in [0.15, 0.2) is 146 Å². The number of aromatic nitrogens is 2. The lowest BCUT2D eigenvalue weighted by Crippen LogP contribution is -2.24. The quantitative estimate of drug-likeness (QED) is 0.177. The van der Waals surface area contributed by atoms with E-state index in [4.69, 9.17) is 9.72 Å². The molecule has 0 saturated carbocycles. The normalized spacial score (nSPS) is 12.5. The van der Waals surface area contributed by atoms with Crippen LogP contribution in [-0.4, -0.2) is 16.2 Å². The van der Waals surface area contributed by atoms with Gasteiger partial charge in [0, 0.05) is 34.8 Å². The highest BCUT2D eigenvalue weighted by molar-refractivity contribution is 6.09. The van der Waals surface area contributed by atoms with E-state index >= 15 is 4.39 Å². The minimum Gasteiger partial charge on any atom is -0.457 e. The van der Waals surface area contributed by atoms with Crippen LogP contribution in [0.5, 0.6) is 11.5 Å². The van der Waals surface area contributed by atoms with Crippen LogP contribution in [0, 0.1) is 26.6 Å². The zero-order valence-electron chi connectivity index (χ0n) is 28.6. The summed E-state index contributed by atoms with van der Waals surface area (Å²) in [5, 5.41) is 2.29. The molecule has 0 atom stereocenters. The number of fused-ring (bicyclic) bond motifs is 4. The highest BCUT2D eigenvalue weighted by atomic mass is 19.1. The fourth-order valence-corrected chi connectivity index (χ4v) is 7.44. The van der Waals surface area contributed by atoms with Gasteiger partial charge in [-0.2, -0.15) is 0 Å². The standard InChI is InChI=1S/C45H35FN4O/c1-29-16-18-36(31(3)22-29)32-24-33(48-28-49(41-13-7-5-11-39(41)46)43-15-9-8-14-42(43)48)26-35(25-32)51-34-17-19-38-37-10-4-6-12-40(37)50(44(38)27-34)45-23-30(2)20-21-47-45/h4-27H,28H2,1-3H3. The molecule has 5 nitrogen and oxygen atoms in total. The topological polar surface area (TPSA) is 33.5 Å². The fourth-order valence-electron chi connectivity index (χ4n) is 7.44. The van der Waals surface area contributed by atoms with Gasteiger partial charge in [-0.15, -0.1) is 0 Å². The number of hydrogen-bond acceptors (Lipinski definition) is 4. The van der Waals surface area contributed by atoms with Crippen molar-refractivity contribution in [1.82, 2.24) is 9.55 Å². The third kappa shape index (κ3) is 5.36. The Kier molecular flexibility index (Phi) is 7.32. The van der Waals surface area contributed by atoms with Gasteiger partial charge in [0.2, 0.25) is 0 Å². The van der Waals surface area contributed by atoms with E-state index in [2.05, 4.69) is 115 Å².